The zero-order valence-electron chi connectivity index (χ0n) is 15.1. The smallest absolute Gasteiger partial charge is 0.119 e. The van der Waals surface area contributed by atoms with E-state index in [1.807, 2.05) is 12.1 Å². The maximum Gasteiger partial charge on any atom is 0.119 e. The number of benzene rings is 2. The Bertz CT molecular complexity index is 901. The molecule has 1 aliphatic heterocycles. The summed E-state index contributed by atoms with van der Waals surface area (Å²) >= 11 is 0. The van der Waals surface area contributed by atoms with Crippen LogP contribution in [0.1, 0.15) is 25.3 Å². The van der Waals surface area contributed by atoms with Gasteiger partial charge in [-0.3, -0.25) is 4.99 Å². The lowest BCUT2D eigenvalue weighted by atomic mass is 10.1. The van der Waals surface area contributed by atoms with Crippen molar-refractivity contribution in [2.75, 3.05) is 12.0 Å². The number of hydrogen-bond acceptors (Lipinski definition) is 3. The van der Waals surface area contributed by atoms with Crippen molar-refractivity contribution in [2.24, 2.45) is 4.99 Å². The van der Waals surface area contributed by atoms with Crippen LogP contribution < -0.4 is 9.64 Å². The molecule has 1 aromatic heterocycles. The van der Waals surface area contributed by atoms with E-state index in [2.05, 4.69) is 59.4 Å². The molecule has 3 aromatic rings. The quantitative estimate of drug-likeness (QED) is 0.687. The summed E-state index contributed by atoms with van der Waals surface area (Å²) in [6, 6.07) is 17.1. The molecule has 2 aromatic carbocycles. The number of anilines is 1. The third kappa shape index (κ3) is 3.56. The second-order valence-electron chi connectivity index (χ2n) is 6.58. The Labute approximate surface area is 160 Å². The summed E-state index contributed by atoms with van der Waals surface area (Å²) in [5.74, 6) is 2.04. The number of methoxy groups -OCH3 is 1. The molecular formula is C21H24ClN3O. The number of ether oxygens (including phenoxy) is 1. The highest BCUT2D eigenvalue weighted by Gasteiger charge is 2.21. The molecule has 4 rings (SSSR count). The van der Waals surface area contributed by atoms with E-state index in [9.17, 15) is 0 Å². The van der Waals surface area contributed by atoms with Crippen molar-refractivity contribution >= 4 is 34.8 Å². The number of nitrogens with one attached hydrogen (secondary N) is 1. The average molecular weight is 370 g/mol. The Hall–Kier alpha value is -2.46. The first-order valence-electron chi connectivity index (χ1n) is 8.78. The van der Waals surface area contributed by atoms with Gasteiger partial charge in [-0.1, -0.05) is 18.2 Å². The van der Waals surface area contributed by atoms with Crippen molar-refractivity contribution in [1.29, 1.82) is 0 Å². The minimum absolute atomic E-state index is 0. The fourth-order valence-electron chi connectivity index (χ4n) is 3.45. The van der Waals surface area contributed by atoms with Crippen molar-refractivity contribution in [3.05, 3.63) is 60.3 Å². The summed E-state index contributed by atoms with van der Waals surface area (Å²) in [5.41, 5.74) is 3.61. The zero-order chi connectivity index (χ0) is 17.2. The van der Waals surface area contributed by atoms with Gasteiger partial charge in [0, 0.05) is 35.2 Å². The molecule has 0 spiro atoms. The fourth-order valence-corrected chi connectivity index (χ4v) is 3.45. The van der Waals surface area contributed by atoms with Gasteiger partial charge >= 0.3 is 0 Å². The van der Waals surface area contributed by atoms with Crippen molar-refractivity contribution in [3.63, 3.8) is 0 Å². The maximum atomic E-state index is 5.30. The third-order valence-corrected chi connectivity index (χ3v) is 4.85. The number of amidine groups is 1. The molecule has 0 aliphatic carbocycles. The van der Waals surface area contributed by atoms with Gasteiger partial charge in [-0.15, -0.1) is 12.4 Å². The van der Waals surface area contributed by atoms with Crippen LogP contribution in [0.2, 0.25) is 0 Å². The fraction of sp³-hybridized carbons (Fsp3) is 0.286. The molecule has 0 amide bonds. The molecule has 5 heteroatoms. The number of halogens is 1. The van der Waals surface area contributed by atoms with Gasteiger partial charge < -0.3 is 14.6 Å². The van der Waals surface area contributed by atoms with Crippen molar-refractivity contribution in [1.82, 2.24) is 4.98 Å². The number of hydrogen-bond donors (Lipinski definition) is 1. The molecule has 26 heavy (non-hydrogen) atoms. The predicted molar refractivity (Wildman–Crippen MR) is 111 cm³/mol. The first kappa shape index (κ1) is 18.3. The van der Waals surface area contributed by atoms with Gasteiger partial charge in [0.05, 0.1) is 13.7 Å². The Morgan fingerprint density at radius 3 is 2.62 bits per heavy atom. The lowest BCUT2D eigenvalue weighted by molar-refractivity contribution is 0.415. The molecule has 0 radical (unpaired) electrons. The Kier molecular flexibility index (Phi) is 5.52. The van der Waals surface area contributed by atoms with E-state index in [1.165, 1.54) is 22.3 Å². The number of nitrogens with zero attached hydrogens (tertiary/aromatic N) is 2. The van der Waals surface area contributed by atoms with Crippen molar-refractivity contribution in [3.8, 4) is 5.75 Å². The largest absolute Gasteiger partial charge is 0.497 e. The van der Waals surface area contributed by atoms with Crippen LogP contribution in [0.4, 0.5) is 5.69 Å². The van der Waals surface area contributed by atoms with Crippen molar-refractivity contribution in [2.45, 2.75) is 32.4 Å². The third-order valence-electron chi connectivity index (χ3n) is 4.85. The van der Waals surface area contributed by atoms with Crippen LogP contribution in [-0.4, -0.2) is 24.0 Å². The zero-order valence-corrected chi connectivity index (χ0v) is 15.9. The van der Waals surface area contributed by atoms with Gasteiger partial charge in [0.15, 0.2) is 0 Å². The highest BCUT2D eigenvalue weighted by Crippen LogP contribution is 2.28. The Balaban J connectivity index is 0.00000196. The molecule has 1 unspecified atom stereocenters. The highest BCUT2D eigenvalue weighted by atomic mass is 35.5. The monoisotopic (exact) mass is 369 g/mol. The molecule has 0 saturated carbocycles. The van der Waals surface area contributed by atoms with Crippen LogP contribution >= 0.6 is 12.4 Å². The minimum Gasteiger partial charge on any atom is -0.497 e. The predicted octanol–water partition coefficient (Wildman–Crippen LogP) is 5.19. The Morgan fingerprint density at radius 1 is 1.15 bits per heavy atom. The molecule has 4 nitrogen and oxygen atoms in total. The van der Waals surface area contributed by atoms with Crippen LogP contribution in [-0.2, 0) is 6.54 Å². The lowest BCUT2D eigenvalue weighted by Gasteiger charge is -2.25. The number of aromatic nitrogens is 1. The second-order valence-corrected chi connectivity index (χ2v) is 6.58. The number of aliphatic imine (C=N–C) groups is 1. The Morgan fingerprint density at radius 2 is 1.92 bits per heavy atom. The number of H-pyrrole nitrogens is 1. The lowest BCUT2D eigenvalue weighted by Crippen LogP contribution is -2.28. The topological polar surface area (TPSA) is 40.6 Å². The van der Waals surface area contributed by atoms with Gasteiger partial charge in [-0.05, 0) is 49.2 Å². The van der Waals surface area contributed by atoms with Crippen LogP contribution in [0.5, 0.6) is 5.75 Å². The van der Waals surface area contributed by atoms with E-state index in [4.69, 9.17) is 9.73 Å². The van der Waals surface area contributed by atoms with E-state index >= 15 is 0 Å². The molecule has 1 atom stereocenters. The second kappa shape index (κ2) is 7.83. The van der Waals surface area contributed by atoms with Crippen LogP contribution in [0.3, 0.4) is 0 Å². The molecular weight excluding hydrogens is 346 g/mol. The average Bonchev–Trinajstić information content (AvgIpc) is 3.26. The maximum absolute atomic E-state index is 5.30. The van der Waals surface area contributed by atoms with Crippen LogP contribution in [0.25, 0.3) is 10.9 Å². The summed E-state index contributed by atoms with van der Waals surface area (Å²) in [4.78, 5) is 10.6. The van der Waals surface area contributed by atoms with Crippen LogP contribution in [0, 0.1) is 0 Å². The van der Waals surface area contributed by atoms with Gasteiger partial charge in [0.1, 0.15) is 11.6 Å². The number of fused-ring (bicyclic) bond motifs is 1. The van der Waals surface area contributed by atoms with E-state index < -0.39 is 0 Å². The molecule has 0 saturated heterocycles. The standard InChI is InChI=1S/C21H23N3O.ClH/c1-15-7-12-21(23-15)24(17-8-10-18(25-2)11-9-17)14-16-13-22-20-6-4-3-5-19(16)20;/h3-6,8-11,13,15,22H,7,12,14H2,1-2H3;1H. The highest BCUT2D eigenvalue weighted by molar-refractivity contribution is 5.99. The summed E-state index contributed by atoms with van der Waals surface area (Å²) in [5, 5.41) is 1.27. The van der Waals surface area contributed by atoms with Crippen molar-refractivity contribution < 1.29 is 4.74 Å². The van der Waals surface area contributed by atoms with Crippen LogP contribution in [0.15, 0.2) is 59.7 Å². The molecule has 136 valence electrons. The minimum atomic E-state index is 0. The van der Waals surface area contributed by atoms with Gasteiger partial charge in [0.2, 0.25) is 0 Å². The van der Waals surface area contributed by atoms with E-state index in [1.54, 1.807) is 7.11 Å². The molecule has 2 heterocycles. The normalized spacial score (nSPS) is 16.2. The summed E-state index contributed by atoms with van der Waals surface area (Å²) in [7, 11) is 1.70. The van der Waals surface area contributed by atoms with Gasteiger partial charge in [0.25, 0.3) is 0 Å². The van der Waals surface area contributed by atoms with E-state index in [-0.39, 0.29) is 12.4 Å². The molecule has 1 N–H and O–H groups in total. The number of rotatable bonds is 4. The molecule has 0 fully saturated rings. The summed E-state index contributed by atoms with van der Waals surface area (Å²) in [6.07, 6.45) is 4.26. The first-order chi connectivity index (χ1) is 12.2. The van der Waals surface area contributed by atoms with E-state index in [0.29, 0.717) is 6.04 Å². The number of aromatic amines is 1. The number of para-hydroxylation sites is 1. The van der Waals surface area contributed by atoms with Gasteiger partial charge in [-0.2, -0.15) is 0 Å². The van der Waals surface area contributed by atoms with E-state index in [0.717, 1.165) is 30.8 Å². The van der Waals surface area contributed by atoms with Gasteiger partial charge in [-0.25, -0.2) is 0 Å². The summed E-state index contributed by atoms with van der Waals surface area (Å²) < 4.78 is 5.30. The molecule has 0 bridgehead atoms. The molecule has 1 aliphatic rings. The SMILES string of the molecule is COc1ccc(N(Cc2c[nH]c3ccccc23)C2=NC(C)CC2)cc1.Cl. The first-order valence-corrected chi connectivity index (χ1v) is 8.78. The summed E-state index contributed by atoms with van der Waals surface area (Å²) in [6.45, 7) is 2.99.